The maximum absolute atomic E-state index is 12.7. The van der Waals surface area contributed by atoms with Crippen molar-refractivity contribution in [3.63, 3.8) is 0 Å². The molecule has 0 aliphatic heterocycles. The van der Waals surface area contributed by atoms with E-state index in [2.05, 4.69) is 10.00 Å². The SMILES string of the molecule is CCN(CCN(C)C)C(=O)Cc1nn(CC)c(=O)c2ccccc12. The number of hydrogen-bond acceptors (Lipinski definition) is 4. The number of rotatable bonds is 7. The molecule has 1 aromatic carbocycles. The number of likely N-dealkylation sites (N-methyl/N-ethyl adjacent to an activating group) is 2. The minimum absolute atomic E-state index is 0.0401. The monoisotopic (exact) mass is 330 g/mol. The number of benzene rings is 1. The lowest BCUT2D eigenvalue weighted by Gasteiger charge is -2.23. The van der Waals surface area contributed by atoms with Crippen LogP contribution in [-0.2, 0) is 17.8 Å². The van der Waals surface area contributed by atoms with Crippen LogP contribution in [0.15, 0.2) is 29.1 Å². The highest BCUT2D eigenvalue weighted by atomic mass is 16.2. The molecule has 0 atom stereocenters. The summed E-state index contributed by atoms with van der Waals surface area (Å²) in [5.41, 5.74) is 0.560. The lowest BCUT2D eigenvalue weighted by atomic mass is 10.1. The van der Waals surface area contributed by atoms with Crippen molar-refractivity contribution in [3.8, 4) is 0 Å². The summed E-state index contributed by atoms with van der Waals surface area (Å²) in [5, 5.41) is 5.80. The molecule has 0 saturated carbocycles. The van der Waals surface area contributed by atoms with Crippen LogP contribution >= 0.6 is 0 Å². The molecule has 0 saturated heterocycles. The van der Waals surface area contributed by atoms with E-state index in [1.165, 1.54) is 4.68 Å². The second-order valence-corrected chi connectivity index (χ2v) is 6.07. The summed E-state index contributed by atoms with van der Waals surface area (Å²) in [5.74, 6) is 0.0401. The van der Waals surface area contributed by atoms with Gasteiger partial charge in [0.05, 0.1) is 17.5 Å². The Morgan fingerprint density at radius 3 is 2.38 bits per heavy atom. The van der Waals surface area contributed by atoms with Gasteiger partial charge in [-0.05, 0) is 34.0 Å². The highest BCUT2D eigenvalue weighted by Crippen LogP contribution is 2.14. The third kappa shape index (κ3) is 4.00. The number of aromatic nitrogens is 2. The summed E-state index contributed by atoms with van der Waals surface area (Å²) in [7, 11) is 3.98. The minimum atomic E-state index is -0.107. The maximum atomic E-state index is 12.7. The molecular weight excluding hydrogens is 304 g/mol. The van der Waals surface area contributed by atoms with E-state index in [1.807, 2.05) is 51.0 Å². The van der Waals surface area contributed by atoms with Crippen molar-refractivity contribution in [2.45, 2.75) is 26.8 Å². The van der Waals surface area contributed by atoms with Crippen LogP contribution < -0.4 is 5.56 Å². The first kappa shape index (κ1) is 18.1. The molecule has 1 aromatic heterocycles. The number of amides is 1. The number of aryl methyl sites for hydroxylation is 1. The van der Waals surface area contributed by atoms with Crippen molar-refractivity contribution >= 4 is 16.7 Å². The molecule has 2 aromatic rings. The van der Waals surface area contributed by atoms with Gasteiger partial charge in [-0.25, -0.2) is 4.68 Å². The van der Waals surface area contributed by atoms with Crippen LogP contribution in [0.3, 0.4) is 0 Å². The number of carbonyl (C=O) groups excluding carboxylic acids is 1. The second-order valence-electron chi connectivity index (χ2n) is 6.07. The highest BCUT2D eigenvalue weighted by molar-refractivity contribution is 5.88. The minimum Gasteiger partial charge on any atom is -0.341 e. The first-order valence-corrected chi connectivity index (χ1v) is 8.39. The number of nitrogens with zero attached hydrogens (tertiary/aromatic N) is 4. The van der Waals surface area contributed by atoms with E-state index >= 15 is 0 Å². The topological polar surface area (TPSA) is 58.4 Å². The van der Waals surface area contributed by atoms with Crippen LogP contribution in [0, 0.1) is 0 Å². The lowest BCUT2D eigenvalue weighted by Crippen LogP contribution is -2.38. The van der Waals surface area contributed by atoms with Crippen molar-refractivity contribution in [1.29, 1.82) is 0 Å². The molecule has 130 valence electrons. The molecule has 24 heavy (non-hydrogen) atoms. The predicted octanol–water partition coefficient (Wildman–Crippen LogP) is 1.37. The van der Waals surface area contributed by atoms with Crippen molar-refractivity contribution in [2.24, 2.45) is 0 Å². The molecule has 0 fully saturated rings. The molecule has 2 rings (SSSR count). The van der Waals surface area contributed by atoms with Gasteiger partial charge in [-0.15, -0.1) is 0 Å². The predicted molar refractivity (Wildman–Crippen MR) is 96.2 cm³/mol. The largest absolute Gasteiger partial charge is 0.341 e. The Hall–Kier alpha value is -2.21. The molecule has 1 heterocycles. The van der Waals surface area contributed by atoms with Gasteiger partial charge in [0, 0.05) is 31.6 Å². The molecular formula is C18H26N4O2. The summed E-state index contributed by atoms with van der Waals surface area (Å²) in [6.07, 6.45) is 0.210. The van der Waals surface area contributed by atoms with Gasteiger partial charge in [0.25, 0.3) is 5.56 Å². The Kier molecular flexibility index (Phi) is 6.09. The van der Waals surface area contributed by atoms with E-state index < -0.39 is 0 Å². The molecule has 6 heteroatoms. The van der Waals surface area contributed by atoms with Gasteiger partial charge >= 0.3 is 0 Å². The van der Waals surface area contributed by atoms with Crippen LogP contribution in [0.5, 0.6) is 0 Å². The summed E-state index contributed by atoms with van der Waals surface area (Å²) >= 11 is 0. The van der Waals surface area contributed by atoms with Crippen molar-refractivity contribution in [2.75, 3.05) is 33.7 Å². The third-order valence-electron chi connectivity index (χ3n) is 4.11. The van der Waals surface area contributed by atoms with Gasteiger partial charge in [0.1, 0.15) is 0 Å². The Morgan fingerprint density at radius 1 is 1.12 bits per heavy atom. The van der Waals surface area contributed by atoms with Crippen molar-refractivity contribution < 1.29 is 4.79 Å². The van der Waals surface area contributed by atoms with Gasteiger partial charge in [-0.1, -0.05) is 18.2 Å². The molecule has 0 spiro atoms. The molecule has 0 unspecified atom stereocenters. The average molecular weight is 330 g/mol. The molecule has 0 radical (unpaired) electrons. The van der Waals surface area contributed by atoms with Crippen LogP contribution in [0.1, 0.15) is 19.5 Å². The summed E-state index contributed by atoms with van der Waals surface area (Å²) < 4.78 is 1.43. The van der Waals surface area contributed by atoms with Crippen LogP contribution in [-0.4, -0.2) is 59.2 Å². The van der Waals surface area contributed by atoms with Crippen LogP contribution in [0.2, 0.25) is 0 Å². The van der Waals surface area contributed by atoms with E-state index in [9.17, 15) is 9.59 Å². The molecule has 1 amide bonds. The van der Waals surface area contributed by atoms with E-state index in [0.717, 1.165) is 11.9 Å². The Balaban J connectivity index is 2.33. The first-order valence-electron chi connectivity index (χ1n) is 8.39. The zero-order valence-corrected chi connectivity index (χ0v) is 15.0. The Labute approximate surface area is 142 Å². The zero-order chi connectivity index (χ0) is 17.7. The molecule has 0 N–H and O–H groups in total. The third-order valence-corrected chi connectivity index (χ3v) is 4.11. The number of hydrogen-bond donors (Lipinski definition) is 0. The van der Waals surface area contributed by atoms with Gasteiger partial charge in [-0.2, -0.15) is 5.10 Å². The van der Waals surface area contributed by atoms with E-state index in [4.69, 9.17) is 0 Å². The number of carbonyl (C=O) groups is 1. The van der Waals surface area contributed by atoms with E-state index in [1.54, 1.807) is 6.07 Å². The van der Waals surface area contributed by atoms with Crippen molar-refractivity contribution in [3.05, 3.63) is 40.3 Å². The van der Waals surface area contributed by atoms with Crippen molar-refractivity contribution in [1.82, 2.24) is 19.6 Å². The fraction of sp³-hybridized carbons (Fsp3) is 0.500. The fourth-order valence-electron chi connectivity index (χ4n) is 2.69. The summed E-state index contributed by atoms with van der Waals surface area (Å²) in [6, 6.07) is 7.37. The zero-order valence-electron chi connectivity index (χ0n) is 15.0. The maximum Gasteiger partial charge on any atom is 0.274 e. The number of fused-ring (bicyclic) bond motifs is 1. The van der Waals surface area contributed by atoms with Crippen LogP contribution in [0.4, 0.5) is 0 Å². The first-order chi connectivity index (χ1) is 11.5. The summed E-state index contributed by atoms with van der Waals surface area (Å²) in [6.45, 7) is 6.52. The van der Waals surface area contributed by atoms with E-state index in [0.29, 0.717) is 30.7 Å². The fourth-order valence-corrected chi connectivity index (χ4v) is 2.69. The average Bonchev–Trinajstić information content (AvgIpc) is 2.57. The quantitative estimate of drug-likeness (QED) is 0.769. The standard InChI is InChI=1S/C18H26N4O2/c1-5-21(12-11-20(3)4)17(23)13-16-14-9-7-8-10-15(14)18(24)22(6-2)19-16/h7-10H,5-6,11-13H2,1-4H3. The highest BCUT2D eigenvalue weighted by Gasteiger charge is 2.17. The lowest BCUT2D eigenvalue weighted by molar-refractivity contribution is -0.130. The van der Waals surface area contributed by atoms with E-state index in [-0.39, 0.29) is 17.9 Å². The Bertz CT molecular complexity index is 767. The molecule has 0 aliphatic carbocycles. The molecule has 0 aliphatic rings. The summed E-state index contributed by atoms with van der Waals surface area (Å²) in [4.78, 5) is 28.9. The van der Waals surface area contributed by atoms with Gasteiger partial charge in [0.15, 0.2) is 0 Å². The molecule has 6 nitrogen and oxygen atoms in total. The Morgan fingerprint density at radius 2 is 1.79 bits per heavy atom. The van der Waals surface area contributed by atoms with Gasteiger partial charge in [0.2, 0.25) is 5.91 Å². The molecule has 0 bridgehead atoms. The van der Waals surface area contributed by atoms with Crippen LogP contribution in [0.25, 0.3) is 10.8 Å². The van der Waals surface area contributed by atoms with Gasteiger partial charge < -0.3 is 9.80 Å². The normalized spacial score (nSPS) is 11.2. The smallest absolute Gasteiger partial charge is 0.274 e. The van der Waals surface area contributed by atoms with Gasteiger partial charge in [-0.3, -0.25) is 9.59 Å². The second kappa shape index (κ2) is 8.06.